The minimum atomic E-state index is -0.710. The highest BCUT2D eigenvalue weighted by molar-refractivity contribution is 5.88. The minimum Gasteiger partial charge on any atom is -0.497 e. The highest BCUT2D eigenvalue weighted by Crippen LogP contribution is 2.21. The Balaban J connectivity index is 1.94. The maximum Gasteiger partial charge on any atom is 0.261 e. The van der Waals surface area contributed by atoms with Crippen molar-refractivity contribution in [1.29, 1.82) is 0 Å². The van der Waals surface area contributed by atoms with E-state index in [1.165, 1.54) is 0 Å². The number of ether oxygens (including phenoxy) is 2. The van der Waals surface area contributed by atoms with E-state index in [0.717, 1.165) is 28.7 Å². The quantitative estimate of drug-likeness (QED) is 0.368. The third-order valence-corrected chi connectivity index (χ3v) is 6.44. The number of rotatable bonds is 12. The molecule has 6 nitrogen and oxygen atoms in total. The van der Waals surface area contributed by atoms with Crippen molar-refractivity contribution in [3.8, 4) is 11.5 Å². The number of methoxy groups -OCH3 is 1. The predicted molar refractivity (Wildman–Crippen MR) is 147 cm³/mol. The Morgan fingerprint density at radius 1 is 0.946 bits per heavy atom. The van der Waals surface area contributed by atoms with E-state index >= 15 is 0 Å². The van der Waals surface area contributed by atoms with Crippen LogP contribution in [0.3, 0.4) is 0 Å². The zero-order valence-corrected chi connectivity index (χ0v) is 22.5. The molecule has 0 saturated heterocycles. The maximum absolute atomic E-state index is 13.7. The molecule has 37 heavy (non-hydrogen) atoms. The molecule has 0 saturated carbocycles. The first-order chi connectivity index (χ1) is 17.8. The van der Waals surface area contributed by atoms with Gasteiger partial charge in [0.2, 0.25) is 5.91 Å². The number of carbonyl (C=O) groups excluding carboxylic acids is 2. The first-order valence-corrected chi connectivity index (χ1v) is 12.8. The van der Waals surface area contributed by atoms with Gasteiger partial charge in [-0.15, -0.1) is 0 Å². The number of hydrogen-bond acceptors (Lipinski definition) is 4. The molecule has 6 heteroatoms. The molecule has 0 fully saturated rings. The lowest BCUT2D eigenvalue weighted by atomic mass is 10.0. The molecule has 2 atom stereocenters. The lowest BCUT2D eigenvalue weighted by Crippen LogP contribution is -2.53. The molecule has 3 aromatic carbocycles. The van der Waals surface area contributed by atoms with Crippen LogP contribution < -0.4 is 14.8 Å². The van der Waals surface area contributed by atoms with Gasteiger partial charge in [0.1, 0.15) is 17.5 Å². The molecular formula is C31H38N2O4. The molecule has 3 aromatic rings. The summed E-state index contributed by atoms with van der Waals surface area (Å²) in [6.07, 6.45) is 1.19. The van der Waals surface area contributed by atoms with Gasteiger partial charge in [0.15, 0.2) is 6.61 Å². The van der Waals surface area contributed by atoms with Crippen LogP contribution in [0.4, 0.5) is 0 Å². The molecule has 0 heterocycles. The predicted octanol–water partition coefficient (Wildman–Crippen LogP) is 5.25. The Hall–Kier alpha value is -3.80. The summed E-state index contributed by atoms with van der Waals surface area (Å²) in [6.45, 7) is 8.04. The smallest absolute Gasteiger partial charge is 0.261 e. The van der Waals surface area contributed by atoms with Crippen molar-refractivity contribution in [2.45, 2.75) is 59.2 Å². The van der Waals surface area contributed by atoms with E-state index in [1.54, 1.807) is 12.0 Å². The van der Waals surface area contributed by atoms with Gasteiger partial charge >= 0.3 is 0 Å². The zero-order chi connectivity index (χ0) is 26.8. The molecule has 0 aromatic heterocycles. The number of amides is 2. The Morgan fingerprint density at radius 3 is 2.35 bits per heavy atom. The van der Waals surface area contributed by atoms with Crippen molar-refractivity contribution >= 4 is 11.8 Å². The van der Waals surface area contributed by atoms with Gasteiger partial charge in [-0.05, 0) is 62.1 Å². The minimum absolute atomic E-state index is 0.00833. The van der Waals surface area contributed by atoms with Crippen molar-refractivity contribution < 1.29 is 19.1 Å². The fraction of sp³-hybridized carbons (Fsp3) is 0.355. The molecular weight excluding hydrogens is 464 g/mol. The third-order valence-electron chi connectivity index (χ3n) is 6.44. The van der Waals surface area contributed by atoms with Gasteiger partial charge in [0.05, 0.1) is 7.11 Å². The standard InChI is InChI=1S/C31H38N2O4/c1-6-24(4)32-31(35)28(19-25-11-8-7-9-12-25)33(20-26-13-10-14-27(18-26)36-5)30(34)21-37-29-16-15-22(2)17-23(29)3/h7-18,24,28H,6,19-21H2,1-5H3,(H,32,35)/t24-,28+/m0/s1. The van der Waals surface area contributed by atoms with Crippen molar-refractivity contribution in [1.82, 2.24) is 10.2 Å². The van der Waals surface area contributed by atoms with Crippen LogP contribution in [0.15, 0.2) is 72.8 Å². The second-order valence-electron chi connectivity index (χ2n) is 9.45. The molecule has 0 aliphatic rings. The SMILES string of the molecule is CC[C@H](C)NC(=O)[C@@H](Cc1ccccc1)N(Cc1cccc(OC)c1)C(=O)COc1ccc(C)cc1C. The Morgan fingerprint density at radius 2 is 1.68 bits per heavy atom. The molecule has 196 valence electrons. The molecule has 0 spiro atoms. The molecule has 1 N–H and O–H groups in total. The van der Waals surface area contributed by atoms with E-state index in [0.29, 0.717) is 17.9 Å². The number of nitrogens with one attached hydrogen (secondary N) is 1. The Bertz CT molecular complexity index is 1180. The first kappa shape index (κ1) is 27.8. The highest BCUT2D eigenvalue weighted by atomic mass is 16.5. The molecule has 0 aliphatic carbocycles. The normalized spacial score (nSPS) is 12.4. The van der Waals surface area contributed by atoms with Crippen LogP contribution in [0, 0.1) is 13.8 Å². The van der Waals surface area contributed by atoms with Gasteiger partial charge in [-0.25, -0.2) is 0 Å². The molecule has 0 unspecified atom stereocenters. The van der Waals surface area contributed by atoms with E-state index in [1.807, 2.05) is 100 Å². The first-order valence-electron chi connectivity index (χ1n) is 12.8. The summed E-state index contributed by atoms with van der Waals surface area (Å²) in [5.41, 5.74) is 3.93. The van der Waals surface area contributed by atoms with Crippen molar-refractivity contribution in [3.63, 3.8) is 0 Å². The fourth-order valence-corrected chi connectivity index (χ4v) is 4.15. The molecule has 0 bridgehead atoms. The van der Waals surface area contributed by atoms with Crippen LogP contribution in [0.1, 0.15) is 42.5 Å². The van der Waals surface area contributed by atoms with Gasteiger partial charge in [-0.2, -0.15) is 0 Å². The molecule has 2 amide bonds. The van der Waals surface area contributed by atoms with Gasteiger partial charge in [-0.1, -0.05) is 67.1 Å². The van der Waals surface area contributed by atoms with Gasteiger partial charge < -0.3 is 19.7 Å². The van der Waals surface area contributed by atoms with E-state index in [4.69, 9.17) is 9.47 Å². The van der Waals surface area contributed by atoms with Crippen LogP contribution >= 0.6 is 0 Å². The zero-order valence-electron chi connectivity index (χ0n) is 22.5. The second-order valence-corrected chi connectivity index (χ2v) is 9.45. The Kier molecular flexibility index (Phi) is 10.1. The number of carbonyl (C=O) groups is 2. The average molecular weight is 503 g/mol. The number of nitrogens with zero attached hydrogens (tertiary/aromatic N) is 1. The molecule has 0 aliphatic heterocycles. The van der Waals surface area contributed by atoms with E-state index in [9.17, 15) is 9.59 Å². The second kappa shape index (κ2) is 13.5. The van der Waals surface area contributed by atoms with Crippen molar-refractivity contribution in [2.24, 2.45) is 0 Å². The average Bonchev–Trinajstić information content (AvgIpc) is 2.90. The summed E-state index contributed by atoms with van der Waals surface area (Å²) in [5, 5.41) is 3.08. The molecule has 3 rings (SSSR count). The number of aryl methyl sites for hydroxylation is 2. The van der Waals surface area contributed by atoms with E-state index in [-0.39, 0.29) is 31.0 Å². The summed E-state index contributed by atoms with van der Waals surface area (Å²) < 4.78 is 11.3. The summed E-state index contributed by atoms with van der Waals surface area (Å²) in [6, 6.07) is 22.5. The summed E-state index contributed by atoms with van der Waals surface area (Å²) in [5.74, 6) is 0.910. The number of benzene rings is 3. The van der Waals surface area contributed by atoms with Crippen LogP contribution in [-0.4, -0.2) is 42.5 Å². The third kappa shape index (κ3) is 8.10. The van der Waals surface area contributed by atoms with Crippen LogP contribution in [0.5, 0.6) is 11.5 Å². The van der Waals surface area contributed by atoms with Crippen LogP contribution in [-0.2, 0) is 22.6 Å². The lowest BCUT2D eigenvalue weighted by molar-refractivity contribution is -0.143. The van der Waals surface area contributed by atoms with Gasteiger partial charge in [0, 0.05) is 19.0 Å². The number of hydrogen-bond donors (Lipinski definition) is 1. The van der Waals surface area contributed by atoms with Crippen LogP contribution in [0.2, 0.25) is 0 Å². The molecule has 0 radical (unpaired) electrons. The summed E-state index contributed by atoms with van der Waals surface area (Å²) in [7, 11) is 1.61. The summed E-state index contributed by atoms with van der Waals surface area (Å²) in [4.78, 5) is 28.9. The maximum atomic E-state index is 13.7. The van der Waals surface area contributed by atoms with E-state index < -0.39 is 6.04 Å². The van der Waals surface area contributed by atoms with E-state index in [2.05, 4.69) is 5.32 Å². The fourth-order valence-electron chi connectivity index (χ4n) is 4.15. The van der Waals surface area contributed by atoms with Gasteiger partial charge in [0.25, 0.3) is 5.91 Å². The Labute approximate surface area is 220 Å². The van der Waals surface area contributed by atoms with Gasteiger partial charge in [-0.3, -0.25) is 9.59 Å². The highest BCUT2D eigenvalue weighted by Gasteiger charge is 2.31. The largest absolute Gasteiger partial charge is 0.497 e. The van der Waals surface area contributed by atoms with Crippen molar-refractivity contribution in [2.75, 3.05) is 13.7 Å². The topological polar surface area (TPSA) is 67.9 Å². The van der Waals surface area contributed by atoms with Crippen LogP contribution in [0.25, 0.3) is 0 Å². The lowest BCUT2D eigenvalue weighted by Gasteiger charge is -2.32. The monoisotopic (exact) mass is 502 g/mol. The van der Waals surface area contributed by atoms with Crippen molar-refractivity contribution in [3.05, 3.63) is 95.1 Å². The summed E-state index contributed by atoms with van der Waals surface area (Å²) >= 11 is 0.